The Kier molecular flexibility index (Phi) is 6.75. The van der Waals surface area contributed by atoms with Crippen molar-refractivity contribution in [1.82, 2.24) is 20.1 Å². The fourth-order valence-corrected chi connectivity index (χ4v) is 5.86. The number of ether oxygens (including phenoxy) is 1. The van der Waals surface area contributed by atoms with Crippen LogP contribution in [-0.2, 0) is 4.74 Å². The zero-order valence-corrected chi connectivity index (χ0v) is 21.6. The average Bonchev–Trinajstić information content (AvgIpc) is 3.20. The third kappa shape index (κ3) is 4.85. The van der Waals surface area contributed by atoms with Crippen molar-refractivity contribution in [3.8, 4) is 28.8 Å². The number of pyridine rings is 1. The van der Waals surface area contributed by atoms with Gasteiger partial charge in [0.05, 0.1) is 31.1 Å². The Morgan fingerprint density at radius 3 is 2.71 bits per heavy atom. The maximum Gasteiger partial charge on any atom is 0.169 e. The molecule has 3 aliphatic heterocycles. The van der Waals surface area contributed by atoms with E-state index in [0.717, 1.165) is 63.6 Å². The van der Waals surface area contributed by atoms with Crippen LogP contribution in [0, 0.1) is 11.8 Å². The van der Waals surface area contributed by atoms with E-state index in [1.54, 1.807) is 12.1 Å². The molecule has 3 unspecified atom stereocenters. The number of fused-ring (bicyclic) bond motifs is 2. The number of para-hydroxylation sites is 1. The van der Waals surface area contributed by atoms with Crippen molar-refractivity contribution in [2.24, 2.45) is 0 Å². The molecule has 0 amide bonds. The van der Waals surface area contributed by atoms with Crippen LogP contribution in [0.3, 0.4) is 0 Å². The molecule has 9 heteroatoms. The van der Waals surface area contributed by atoms with Gasteiger partial charge >= 0.3 is 0 Å². The molecule has 38 heavy (non-hydrogen) atoms. The summed E-state index contributed by atoms with van der Waals surface area (Å²) < 4.78 is 5.52. The molecule has 196 valence electrons. The molecule has 0 saturated carbocycles. The van der Waals surface area contributed by atoms with Gasteiger partial charge in [0, 0.05) is 55.2 Å². The number of nitrogens with zero attached hydrogens (tertiary/aromatic N) is 6. The smallest absolute Gasteiger partial charge is 0.169 e. The highest BCUT2D eigenvalue weighted by Gasteiger charge is 2.40. The fourth-order valence-electron chi connectivity index (χ4n) is 5.86. The second-order valence-electron chi connectivity index (χ2n) is 10.3. The molecule has 3 aromatic rings. The van der Waals surface area contributed by atoms with E-state index in [4.69, 9.17) is 10.5 Å². The number of piperazine rings is 1. The monoisotopic (exact) mass is 511 g/mol. The van der Waals surface area contributed by atoms with Crippen molar-refractivity contribution >= 4 is 17.2 Å². The first kappa shape index (κ1) is 24.5. The number of hydrogen-bond acceptors (Lipinski definition) is 9. The zero-order valence-electron chi connectivity index (χ0n) is 21.6. The number of aromatic nitrogens is 3. The lowest BCUT2D eigenvalue weighted by Gasteiger charge is -2.43. The zero-order chi connectivity index (χ0) is 26.1. The molecule has 9 nitrogen and oxygen atoms in total. The van der Waals surface area contributed by atoms with Gasteiger partial charge in [-0.1, -0.05) is 18.1 Å². The lowest BCUT2D eigenvalue weighted by Crippen LogP contribution is -2.54. The van der Waals surface area contributed by atoms with Gasteiger partial charge in [0.1, 0.15) is 11.4 Å². The third-order valence-corrected chi connectivity index (χ3v) is 7.85. The van der Waals surface area contributed by atoms with Crippen LogP contribution in [0.5, 0.6) is 5.75 Å². The van der Waals surface area contributed by atoms with Gasteiger partial charge in [0.25, 0.3) is 0 Å². The minimum absolute atomic E-state index is 0.179. The van der Waals surface area contributed by atoms with Gasteiger partial charge in [-0.05, 0) is 56.0 Å². The molecule has 3 saturated heterocycles. The van der Waals surface area contributed by atoms with Crippen LogP contribution in [0.1, 0.15) is 25.5 Å². The Hall–Kier alpha value is -3.87. The summed E-state index contributed by atoms with van der Waals surface area (Å²) in [6, 6.07) is 14.4. The number of benzene rings is 1. The molecule has 3 aliphatic rings. The molecule has 6 rings (SSSR count). The minimum Gasteiger partial charge on any atom is -0.507 e. The molecule has 2 aromatic heterocycles. The second-order valence-corrected chi connectivity index (χ2v) is 10.3. The number of hydrogen-bond donors (Lipinski definition) is 2. The highest BCUT2D eigenvalue weighted by molar-refractivity contribution is 5.74. The summed E-state index contributed by atoms with van der Waals surface area (Å²) >= 11 is 0. The lowest BCUT2D eigenvalue weighted by molar-refractivity contribution is 0.00654. The standard InChI is InChI=1S/C29H33N7O2/c1-20-19-38-14-13-34(20)12-4-5-21-15-22(10-11-31-21)36-23-8-9-24(36)18-35(17-23)27-16-26(32-33-29(27)30)25-6-2-3-7-28(25)37/h2-3,6-7,10-11,15-16,20,23-24,37H,8-9,12-14,17-19H2,1H3,(H2,30,33). The van der Waals surface area contributed by atoms with Crippen LogP contribution in [0.25, 0.3) is 11.3 Å². The number of phenolic OH excluding ortho intramolecular Hbond substituents is 1. The van der Waals surface area contributed by atoms with Crippen LogP contribution in [0.15, 0.2) is 48.7 Å². The molecule has 0 aliphatic carbocycles. The second kappa shape index (κ2) is 10.5. The SMILES string of the molecule is CC1COCCN1CC#Cc1cc(N2C3CCC2CN(c2cc(-c4ccccc4O)nnc2N)C3)ccn1. The van der Waals surface area contributed by atoms with Crippen LogP contribution < -0.4 is 15.5 Å². The summed E-state index contributed by atoms with van der Waals surface area (Å²) in [4.78, 5) is 11.7. The van der Waals surface area contributed by atoms with Crippen molar-refractivity contribution in [3.63, 3.8) is 0 Å². The number of nitrogens with two attached hydrogens (primary N) is 1. The maximum absolute atomic E-state index is 10.3. The molecule has 5 heterocycles. The number of aromatic hydroxyl groups is 1. The molecule has 3 fully saturated rings. The van der Waals surface area contributed by atoms with Crippen molar-refractivity contribution in [2.45, 2.75) is 37.9 Å². The van der Waals surface area contributed by atoms with Crippen LogP contribution in [0.4, 0.5) is 17.2 Å². The van der Waals surface area contributed by atoms with Gasteiger partial charge in [-0.3, -0.25) is 4.90 Å². The predicted octanol–water partition coefficient (Wildman–Crippen LogP) is 2.76. The van der Waals surface area contributed by atoms with Crippen molar-refractivity contribution < 1.29 is 9.84 Å². The van der Waals surface area contributed by atoms with E-state index in [-0.39, 0.29) is 5.75 Å². The molecule has 0 radical (unpaired) electrons. The predicted molar refractivity (Wildman–Crippen MR) is 148 cm³/mol. The average molecular weight is 512 g/mol. The van der Waals surface area contributed by atoms with E-state index in [1.807, 2.05) is 24.4 Å². The molecular formula is C29H33N7O2. The summed E-state index contributed by atoms with van der Waals surface area (Å²) in [7, 11) is 0. The normalized spacial score (nSPS) is 23.2. The topological polar surface area (TPSA) is 104 Å². The quantitative estimate of drug-likeness (QED) is 0.512. The van der Waals surface area contributed by atoms with E-state index in [9.17, 15) is 5.11 Å². The first-order chi connectivity index (χ1) is 18.6. The van der Waals surface area contributed by atoms with Crippen molar-refractivity contribution in [3.05, 3.63) is 54.4 Å². The molecule has 1 aromatic carbocycles. The molecule has 0 spiro atoms. The van der Waals surface area contributed by atoms with Gasteiger partial charge in [-0.25, -0.2) is 4.98 Å². The Bertz CT molecular complexity index is 1360. The van der Waals surface area contributed by atoms with Crippen molar-refractivity contribution in [2.75, 3.05) is 54.9 Å². The van der Waals surface area contributed by atoms with E-state index in [1.165, 1.54) is 5.69 Å². The summed E-state index contributed by atoms with van der Waals surface area (Å²) in [6.07, 6.45) is 4.10. The summed E-state index contributed by atoms with van der Waals surface area (Å²) in [5, 5.41) is 18.8. The molecule has 3 N–H and O–H groups in total. The third-order valence-electron chi connectivity index (χ3n) is 7.85. The Labute approximate surface area is 223 Å². The van der Waals surface area contributed by atoms with Crippen LogP contribution in [0.2, 0.25) is 0 Å². The van der Waals surface area contributed by atoms with Crippen molar-refractivity contribution in [1.29, 1.82) is 0 Å². The summed E-state index contributed by atoms with van der Waals surface area (Å²) in [5.74, 6) is 7.18. The first-order valence-corrected chi connectivity index (χ1v) is 13.3. The Morgan fingerprint density at radius 2 is 1.92 bits per heavy atom. The van der Waals surface area contributed by atoms with E-state index in [2.05, 4.69) is 60.8 Å². The molecular weight excluding hydrogens is 478 g/mol. The number of anilines is 3. The van der Waals surface area contributed by atoms with E-state index >= 15 is 0 Å². The van der Waals surface area contributed by atoms with Gasteiger partial charge < -0.3 is 25.4 Å². The maximum atomic E-state index is 10.3. The van der Waals surface area contributed by atoms with Gasteiger partial charge in [-0.2, -0.15) is 0 Å². The highest BCUT2D eigenvalue weighted by Crippen LogP contribution is 2.38. The lowest BCUT2D eigenvalue weighted by atomic mass is 10.1. The van der Waals surface area contributed by atoms with Gasteiger partial charge in [0.2, 0.25) is 0 Å². The first-order valence-electron chi connectivity index (χ1n) is 13.3. The largest absolute Gasteiger partial charge is 0.507 e. The number of rotatable bonds is 4. The molecule has 2 bridgehead atoms. The molecule has 3 atom stereocenters. The van der Waals surface area contributed by atoms with Gasteiger partial charge in [-0.15, -0.1) is 10.2 Å². The number of phenols is 1. The van der Waals surface area contributed by atoms with Gasteiger partial charge in [0.15, 0.2) is 5.82 Å². The minimum atomic E-state index is 0.179. The van der Waals surface area contributed by atoms with Crippen LogP contribution >= 0.6 is 0 Å². The van der Waals surface area contributed by atoms with E-state index < -0.39 is 0 Å². The Morgan fingerprint density at radius 1 is 1.11 bits per heavy atom. The number of morpholine rings is 1. The Balaban J connectivity index is 1.18. The van der Waals surface area contributed by atoms with Crippen LogP contribution in [-0.4, -0.2) is 82.7 Å². The van der Waals surface area contributed by atoms with E-state index in [0.29, 0.717) is 35.2 Å². The highest BCUT2D eigenvalue weighted by atomic mass is 16.5. The number of nitrogen functional groups attached to an aromatic ring is 1. The summed E-state index contributed by atoms with van der Waals surface area (Å²) in [6.45, 7) is 7.03. The fraction of sp³-hybridized carbons (Fsp3) is 0.414. The summed E-state index contributed by atoms with van der Waals surface area (Å²) in [5.41, 5.74) is 10.4.